The molecule has 0 aliphatic rings. The van der Waals surface area contributed by atoms with Crippen LogP contribution in [0.3, 0.4) is 0 Å². The van der Waals surface area contributed by atoms with Gasteiger partial charge in [0.05, 0.1) is 5.69 Å². The molecule has 6 heteroatoms. The minimum atomic E-state index is -0.744. The number of carbonyl (C=O) groups excluding carboxylic acids is 2. The average Bonchev–Trinajstić information content (AvgIpc) is 2.49. The van der Waals surface area contributed by atoms with E-state index in [-0.39, 0.29) is 0 Å². The summed E-state index contributed by atoms with van der Waals surface area (Å²) in [6, 6.07) is 16.5. The number of hydrogen-bond donors (Lipinski definition) is 2. The number of nitrogens with two attached hydrogens (primary N) is 1. The Bertz CT molecular complexity index is 616. The summed E-state index contributed by atoms with van der Waals surface area (Å²) >= 11 is 0. The number of nitrogens with zero attached hydrogens (tertiary/aromatic N) is 2. The van der Waals surface area contributed by atoms with Crippen molar-refractivity contribution in [1.29, 1.82) is 0 Å². The Hall–Kier alpha value is -3.02. The Balaban J connectivity index is 2.17. The molecule has 3 N–H and O–H groups in total. The predicted octanol–water partition coefficient (Wildman–Crippen LogP) is 2.65. The molecule has 0 aliphatic heterocycles. The molecular weight excluding hydrogens is 268 g/mol. The summed E-state index contributed by atoms with van der Waals surface area (Å²) in [7, 11) is 1.47. The first-order chi connectivity index (χ1) is 10.1. The van der Waals surface area contributed by atoms with Crippen LogP contribution in [0.4, 0.5) is 21.0 Å². The van der Waals surface area contributed by atoms with E-state index in [0.717, 1.165) is 10.0 Å². The molecule has 2 rings (SSSR count). The maximum absolute atomic E-state index is 12.2. The lowest BCUT2D eigenvalue weighted by molar-refractivity contribution is 0.211. The van der Waals surface area contributed by atoms with Crippen LogP contribution in [0.2, 0.25) is 0 Å². The maximum atomic E-state index is 12.2. The van der Waals surface area contributed by atoms with Crippen molar-refractivity contribution in [2.75, 3.05) is 17.4 Å². The van der Waals surface area contributed by atoms with E-state index in [1.807, 2.05) is 12.1 Å². The van der Waals surface area contributed by atoms with Gasteiger partial charge in [-0.05, 0) is 24.3 Å². The van der Waals surface area contributed by atoms with Crippen LogP contribution in [-0.4, -0.2) is 24.1 Å². The Morgan fingerprint density at radius 2 is 1.48 bits per heavy atom. The van der Waals surface area contributed by atoms with Crippen molar-refractivity contribution in [3.63, 3.8) is 0 Å². The summed E-state index contributed by atoms with van der Waals surface area (Å²) in [6.45, 7) is 0. The fourth-order valence-corrected chi connectivity index (χ4v) is 1.83. The highest BCUT2D eigenvalue weighted by Gasteiger charge is 2.22. The summed E-state index contributed by atoms with van der Waals surface area (Å²) in [6.07, 6.45) is 0. The third-order valence-corrected chi connectivity index (χ3v) is 2.83. The van der Waals surface area contributed by atoms with E-state index >= 15 is 0 Å². The minimum absolute atomic E-state index is 0.469. The van der Waals surface area contributed by atoms with Gasteiger partial charge in [-0.25, -0.2) is 14.6 Å². The van der Waals surface area contributed by atoms with Crippen LogP contribution in [-0.2, 0) is 0 Å². The largest absolute Gasteiger partial charge is 0.350 e. The number of nitrogens with one attached hydrogen (secondary N) is 1. The third-order valence-electron chi connectivity index (χ3n) is 2.83. The van der Waals surface area contributed by atoms with Crippen LogP contribution in [0.15, 0.2) is 60.7 Å². The fourth-order valence-electron chi connectivity index (χ4n) is 1.83. The standard InChI is InChI=1S/C15H16N4O2/c1-18(15(21)17-12-8-4-2-5-9-12)19(14(16)20)13-10-6-3-7-11-13/h2-11H,1H3,(H2,16,20)(H,17,21). The minimum Gasteiger partial charge on any atom is -0.350 e. The number of amides is 4. The number of rotatable bonds is 2. The van der Waals surface area contributed by atoms with Crippen LogP contribution in [0, 0.1) is 0 Å². The second kappa shape index (κ2) is 6.42. The first-order valence-electron chi connectivity index (χ1n) is 6.34. The molecule has 0 aliphatic carbocycles. The molecule has 2 aromatic carbocycles. The Kier molecular flexibility index (Phi) is 4.40. The van der Waals surface area contributed by atoms with Crippen LogP contribution in [0.1, 0.15) is 0 Å². The highest BCUT2D eigenvalue weighted by Crippen LogP contribution is 2.16. The molecule has 4 amide bonds. The van der Waals surface area contributed by atoms with Crippen LogP contribution >= 0.6 is 0 Å². The van der Waals surface area contributed by atoms with Gasteiger partial charge in [-0.1, -0.05) is 36.4 Å². The second-order valence-electron chi connectivity index (χ2n) is 4.31. The first-order valence-corrected chi connectivity index (χ1v) is 6.34. The first kappa shape index (κ1) is 14.4. The molecule has 0 saturated heterocycles. The Labute approximate surface area is 122 Å². The quantitative estimate of drug-likeness (QED) is 0.831. The van der Waals surface area contributed by atoms with Gasteiger partial charge in [0, 0.05) is 12.7 Å². The number of para-hydroxylation sites is 2. The van der Waals surface area contributed by atoms with Gasteiger partial charge in [-0.2, -0.15) is 5.01 Å². The highest BCUT2D eigenvalue weighted by atomic mass is 16.2. The molecule has 0 aromatic heterocycles. The van der Waals surface area contributed by atoms with E-state index in [1.54, 1.807) is 48.5 Å². The zero-order valence-corrected chi connectivity index (χ0v) is 11.6. The monoisotopic (exact) mass is 284 g/mol. The van der Waals surface area contributed by atoms with Crippen molar-refractivity contribution in [3.05, 3.63) is 60.7 Å². The SMILES string of the molecule is CN(C(=O)Nc1ccccc1)N(C(N)=O)c1ccccc1. The van der Waals surface area contributed by atoms with E-state index in [2.05, 4.69) is 5.32 Å². The average molecular weight is 284 g/mol. The summed E-state index contributed by atoms with van der Waals surface area (Å²) in [5.41, 5.74) is 6.51. The van der Waals surface area contributed by atoms with Gasteiger partial charge in [0.25, 0.3) is 0 Å². The lowest BCUT2D eigenvalue weighted by Gasteiger charge is -2.30. The molecule has 0 heterocycles. The number of hydrogen-bond acceptors (Lipinski definition) is 2. The topological polar surface area (TPSA) is 78.7 Å². The smallest absolute Gasteiger partial charge is 0.340 e. The van der Waals surface area contributed by atoms with Crippen molar-refractivity contribution in [2.24, 2.45) is 5.73 Å². The van der Waals surface area contributed by atoms with Crippen molar-refractivity contribution >= 4 is 23.4 Å². The van der Waals surface area contributed by atoms with E-state index < -0.39 is 12.1 Å². The normalized spacial score (nSPS) is 9.76. The Morgan fingerprint density at radius 1 is 0.952 bits per heavy atom. The lowest BCUT2D eigenvalue weighted by atomic mass is 10.3. The van der Waals surface area contributed by atoms with Crippen LogP contribution < -0.4 is 16.1 Å². The molecule has 2 aromatic rings. The molecule has 0 spiro atoms. The lowest BCUT2D eigenvalue weighted by Crippen LogP contribution is -2.51. The Morgan fingerprint density at radius 3 is 2.00 bits per heavy atom. The number of hydrazine groups is 1. The molecule has 0 unspecified atom stereocenters. The van der Waals surface area contributed by atoms with Gasteiger partial charge >= 0.3 is 12.1 Å². The molecule has 6 nitrogen and oxygen atoms in total. The fraction of sp³-hybridized carbons (Fsp3) is 0.0667. The molecule has 0 saturated carbocycles. The van der Waals surface area contributed by atoms with Crippen molar-refractivity contribution in [2.45, 2.75) is 0 Å². The van der Waals surface area contributed by atoms with Gasteiger partial charge in [-0.3, -0.25) is 0 Å². The van der Waals surface area contributed by atoms with Crippen LogP contribution in [0.5, 0.6) is 0 Å². The molecule has 21 heavy (non-hydrogen) atoms. The van der Waals surface area contributed by atoms with Crippen molar-refractivity contribution in [3.8, 4) is 0 Å². The zero-order chi connectivity index (χ0) is 15.2. The summed E-state index contributed by atoms with van der Waals surface area (Å²) in [5.74, 6) is 0. The molecule has 0 bridgehead atoms. The summed E-state index contributed by atoms with van der Waals surface area (Å²) in [4.78, 5) is 23.8. The highest BCUT2D eigenvalue weighted by molar-refractivity contribution is 5.97. The van der Waals surface area contributed by atoms with Gasteiger partial charge in [0.1, 0.15) is 0 Å². The summed E-state index contributed by atoms with van der Waals surface area (Å²) in [5, 5.41) is 4.91. The van der Waals surface area contributed by atoms with Crippen molar-refractivity contribution < 1.29 is 9.59 Å². The van der Waals surface area contributed by atoms with Crippen molar-refractivity contribution in [1.82, 2.24) is 5.01 Å². The molecular formula is C15H16N4O2. The molecule has 0 radical (unpaired) electrons. The number of urea groups is 2. The predicted molar refractivity (Wildman–Crippen MR) is 81.7 cm³/mol. The van der Waals surface area contributed by atoms with Gasteiger partial charge < -0.3 is 11.1 Å². The molecule has 0 fully saturated rings. The molecule has 0 atom stereocenters. The molecule has 108 valence electrons. The summed E-state index contributed by atoms with van der Waals surface area (Å²) < 4.78 is 0. The number of anilines is 2. The third kappa shape index (κ3) is 3.50. The number of primary amides is 1. The zero-order valence-electron chi connectivity index (χ0n) is 11.6. The van der Waals surface area contributed by atoms with Gasteiger partial charge in [0.15, 0.2) is 0 Å². The maximum Gasteiger partial charge on any atom is 0.340 e. The van der Waals surface area contributed by atoms with E-state index in [9.17, 15) is 9.59 Å². The van der Waals surface area contributed by atoms with E-state index in [0.29, 0.717) is 11.4 Å². The van der Waals surface area contributed by atoms with Gasteiger partial charge in [0.2, 0.25) is 0 Å². The van der Waals surface area contributed by atoms with Crippen LogP contribution in [0.25, 0.3) is 0 Å². The van der Waals surface area contributed by atoms with E-state index in [4.69, 9.17) is 5.73 Å². The number of benzene rings is 2. The second-order valence-corrected chi connectivity index (χ2v) is 4.31. The number of carbonyl (C=O) groups is 2. The van der Waals surface area contributed by atoms with E-state index in [1.165, 1.54) is 7.05 Å². The van der Waals surface area contributed by atoms with Gasteiger partial charge in [-0.15, -0.1) is 0 Å².